The van der Waals surface area contributed by atoms with Crippen molar-refractivity contribution in [1.29, 1.82) is 0 Å². The fraction of sp³-hybridized carbons (Fsp3) is 0.286. The molecule has 0 bridgehead atoms. The number of hydrogen-bond donors (Lipinski definition) is 2. The Morgan fingerprint density at radius 1 is 1.37 bits per heavy atom. The summed E-state index contributed by atoms with van der Waals surface area (Å²) in [6.07, 6.45) is 3.39. The van der Waals surface area contributed by atoms with Crippen LogP contribution < -0.4 is 5.32 Å². The fourth-order valence-corrected chi connectivity index (χ4v) is 1.63. The van der Waals surface area contributed by atoms with Gasteiger partial charge in [0.05, 0.1) is 23.6 Å². The number of imidazole rings is 1. The Balaban J connectivity index is 2.10. The van der Waals surface area contributed by atoms with Crippen LogP contribution in [0.4, 0.5) is 5.69 Å². The molecular formula is C14H16ClN3O. The SMILES string of the molecule is CC(C)(CCl)C(=O)Nc1ccc(-c2cnc[nH]2)cc1. The van der Waals surface area contributed by atoms with Gasteiger partial charge in [-0.1, -0.05) is 12.1 Å². The maximum Gasteiger partial charge on any atom is 0.231 e. The molecule has 0 fully saturated rings. The minimum atomic E-state index is -0.580. The van der Waals surface area contributed by atoms with Gasteiger partial charge >= 0.3 is 0 Å². The zero-order chi connectivity index (χ0) is 13.9. The van der Waals surface area contributed by atoms with Crippen molar-refractivity contribution in [2.45, 2.75) is 13.8 Å². The lowest BCUT2D eigenvalue weighted by Crippen LogP contribution is -2.32. The van der Waals surface area contributed by atoms with E-state index in [1.807, 2.05) is 38.1 Å². The molecule has 5 heteroatoms. The topological polar surface area (TPSA) is 57.8 Å². The van der Waals surface area contributed by atoms with E-state index in [-0.39, 0.29) is 11.8 Å². The minimum absolute atomic E-state index is 0.0863. The second-order valence-corrected chi connectivity index (χ2v) is 5.28. The smallest absolute Gasteiger partial charge is 0.231 e. The third-order valence-corrected chi connectivity index (χ3v) is 3.57. The van der Waals surface area contributed by atoms with E-state index < -0.39 is 5.41 Å². The third kappa shape index (κ3) is 3.15. The molecule has 0 aliphatic carbocycles. The highest BCUT2D eigenvalue weighted by atomic mass is 35.5. The molecule has 0 saturated heterocycles. The Hall–Kier alpha value is -1.81. The molecule has 0 spiro atoms. The molecule has 19 heavy (non-hydrogen) atoms. The molecule has 2 aromatic rings. The van der Waals surface area contributed by atoms with Crippen LogP contribution in [0.1, 0.15) is 13.8 Å². The summed E-state index contributed by atoms with van der Waals surface area (Å²) < 4.78 is 0. The number of anilines is 1. The van der Waals surface area contributed by atoms with Crippen LogP contribution in [0, 0.1) is 5.41 Å². The van der Waals surface area contributed by atoms with Crippen molar-refractivity contribution >= 4 is 23.2 Å². The monoisotopic (exact) mass is 277 g/mol. The molecular weight excluding hydrogens is 262 g/mol. The van der Waals surface area contributed by atoms with Gasteiger partial charge in [-0.2, -0.15) is 0 Å². The average Bonchev–Trinajstić information content (AvgIpc) is 2.93. The van der Waals surface area contributed by atoms with Gasteiger partial charge in [0.15, 0.2) is 0 Å². The predicted molar refractivity (Wildman–Crippen MR) is 77.2 cm³/mol. The average molecular weight is 278 g/mol. The summed E-state index contributed by atoms with van der Waals surface area (Å²) in [5.41, 5.74) is 2.14. The van der Waals surface area contributed by atoms with Crippen LogP contribution in [-0.2, 0) is 4.79 Å². The van der Waals surface area contributed by atoms with E-state index in [1.165, 1.54) is 0 Å². The van der Waals surface area contributed by atoms with E-state index in [9.17, 15) is 4.79 Å². The van der Waals surface area contributed by atoms with Crippen molar-refractivity contribution < 1.29 is 4.79 Å². The molecule has 2 N–H and O–H groups in total. The van der Waals surface area contributed by atoms with Crippen molar-refractivity contribution in [3.63, 3.8) is 0 Å². The number of rotatable bonds is 4. The number of benzene rings is 1. The number of nitrogens with zero attached hydrogens (tertiary/aromatic N) is 1. The third-order valence-electron chi connectivity index (χ3n) is 2.90. The van der Waals surface area contributed by atoms with Crippen molar-refractivity contribution in [1.82, 2.24) is 9.97 Å². The summed E-state index contributed by atoms with van der Waals surface area (Å²) in [5.74, 6) is 0.196. The van der Waals surface area contributed by atoms with Crippen LogP contribution in [0.15, 0.2) is 36.8 Å². The first-order valence-corrected chi connectivity index (χ1v) is 6.52. The number of H-pyrrole nitrogens is 1. The maximum atomic E-state index is 12.0. The first kappa shape index (κ1) is 13.6. The maximum absolute atomic E-state index is 12.0. The zero-order valence-corrected chi connectivity index (χ0v) is 11.7. The van der Waals surface area contributed by atoms with Crippen LogP contribution >= 0.6 is 11.6 Å². The summed E-state index contributed by atoms with van der Waals surface area (Å²) in [7, 11) is 0. The van der Waals surface area contributed by atoms with Gasteiger partial charge in [-0.25, -0.2) is 4.98 Å². The van der Waals surface area contributed by atoms with Gasteiger partial charge < -0.3 is 10.3 Å². The standard InChI is InChI=1S/C14H16ClN3O/c1-14(2,8-15)13(19)18-11-5-3-10(4-6-11)12-7-16-9-17-12/h3-7,9H,8H2,1-2H3,(H,16,17)(H,18,19). The molecule has 0 atom stereocenters. The lowest BCUT2D eigenvalue weighted by Gasteiger charge is -2.20. The molecule has 1 amide bonds. The first-order chi connectivity index (χ1) is 9.03. The van der Waals surface area contributed by atoms with Crippen molar-refractivity contribution in [2.75, 3.05) is 11.2 Å². The molecule has 0 aliphatic heterocycles. The number of alkyl halides is 1. The number of carbonyl (C=O) groups is 1. The highest BCUT2D eigenvalue weighted by Crippen LogP contribution is 2.22. The van der Waals surface area contributed by atoms with E-state index >= 15 is 0 Å². The fourth-order valence-electron chi connectivity index (χ4n) is 1.51. The van der Waals surface area contributed by atoms with E-state index in [0.717, 1.165) is 16.9 Å². The van der Waals surface area contributed by atoms with Crippen LogP contribution in [-0.4, -0.2) is 21.8 Å². The lowest BCUT2D eigenvalue weighted by molar-refractivity contribution is -0.122. The van der Waals surface area contributed by atoms with Gasteiger partial charge in [0, 0.05) is 11.6 Å². The van der Waals surface area contributed by atoms with Crippen molar-refractivity contribution in [2.24, 2.45) is 5.41 Å². The van der Waals surface area contributed by atoms with Gasteiger partial charge in [0.1, 0.15) is 0 Å². The van der Waals surface area contributed by atoms with Gasteiger partial charge in [0.25, 0.3) is 0 Å². The van der Waals surface area contributed by atoms with Gasteiger partial charge in [-0.05, 0) is 31.5 Å². The van der Waals surface area contributed by atoms with E-state index in [2.05, 4.69) is 15.3 Å². The largest absolute Gasteiger partial charge is 0.345 e. The number of halogens is 1. The summed E-state index contributed by atoms with van der Waals surface area (Å²) >= 11 is 5.78. The van der Waals surface area contributed by atoms with Crippen LogP contribution in [0.3, 0.4) is 0 Å². The van der Waals surface area contributed by atoms with Gasteiger partial charge in [-0.3, -0.25) is 4.79 Å². The van der Waals surface area contributed by atoms with Crippen LogP contribution in [0.5, 0.6) is 0 Å². The van der Waals surface area contributed by atoms with E-state index in [4.69, 9.17) is 11.6 Å². The molecule has 0 unspecified atom stereocenters. The summed E-state index contributed by atoms with van der Waals surface area (Å²) in [6.45, 7) is 3.63. The normalized spacial score (nSPS) is 11.3. The Kier molecular flexibility index (Phi) is 3.90. The molecule has 0 aliphatic rings. The highest BCUT2D eigenvalue weighted by Gasteiger charge is 2.26. The minimum Gasteiger partial charge on any atom is -0.345 e. The Morgan fingerprint density at radius 3 is 2.58 bits per heavy atom. The summed E-state index contributed by atoms with van der Waals surface area (Å²) in [5, 5.41) is 2.86. The number of nitrogens with one attached hydrogen (secondary N) is 2. The van der Waals surface area contributed by atoms with Crippen molar-refractivity contribution in [3.8, 4) is 11.3 Å². The van der Waals surface area contributed by atoms with Gasteiger partial charge in [-0.15, -0.1) is 11.6 Å². The lowest BCUT2D eigenvalue weighted by atomic mass is 9.95. The number of aromatic amines is 1. The molecule has 2 rings (SSSR count). The van der Waals surface area contributed by atoms with Crippen LogP contribution in [0.25, 0.3) is 11.3 Å². The van der Waals surface area contributed by atoms with E-state index in [0.29, 0.717) is 0 Å². The Labute approximate surface area is 117 Å². The molecule has 1 heterocycles. The Morgan fingerprint density at radius 2 is 2.05 bits per heavy atom. The quantitative estimate of drug-likeness (QED) is 0.843. The van der Waals surface area contributed by atoms with E-state index in [1.54, 1.807) is 12.5 Å². The number of amides is 1. The number of hydrogen-bond acceptors (Lipinski definition) is 2. The Bertz CT molecular complexity index is 547. The molecule has 0 radical (unpaired) electrons. The summed E-state index contributed by atoms with van der Waals surface area (Å²) in [6, 6.07) is 7.57. The van der Waals surface area contributed by atoms with Crippen molar-refractivity contribution in [3.05, 3.63) is 36.8 Å². The molecule has 0 saturated carbocycles. The van der Waals surface area contributed by atoms with Crippen LogP contribution in [0.2, 0.25) is 0 Å². The molecule has 1 aromatic carbocycles. The second kappa shape index (κ2) is 5.45. The highest BCUT2D eigenvalue weighted by molar-refractivity contribution is 6.20. The predicted octanol–water partition coefficient (Wildman–Crippen LogP) is 3.28. The molecule has 4 nitrogen and oxygen atoms in total. The number of carbonyl (C=O) groups excluding carboxylic acids is 1. The zero-order valence-electron chi connectivity index (χ0n) is 10.9. The summed E-state index contributed by atoms with van der Waals surface area (Å²) in [4.78, 5) is 19.0. The van der Waals surface area contributed by atoms with Gasteiger partial charge in [0.2, 0.25) is 5.91 Å². The molecule has 100 valence electrons. The first-order valence-electron chi connectivity index (χ1n) is 5.99. The number of aromatic nitrogens is 2. The molecule has 1 aromatic heterocycles. The second-order valence-electron chi connectivity index (χ2n) is 5.01.